The fraction of sp³-hybridized carbons (Fsp3) is 0.417. The molecule has 6 heteroatoms. The first-order valence-electron chi connectivity index (χ1n) is 5.53. The molecule has 4 nitrogen and oxygen atoms in total. The summed E-state index contributed by atoms with van der Waals surface area (Å²) in [6, 6.07) is 4.75. The van der Waals surface area contributed by atoms with Crippen molar-refractivity contribution in [2.24, 2.45) is 0 Å². The molecule has 0 fully saturated rings. The van der Waals surface area contributed by atoms with Crippen LogP contribution >= 0.6 is 15.9 Å². The number of hydrogen-bond donors (Lipinski definition) is 2. The number of ether oxygens (including phenoxy) is 1. The van der Waals surface area contributed by atoms with Crippen molar-refractivity contribution in [1.29, 1.82) is 0 Å². The predicted molar refractivity (Wildman–Crippen MR) is 70.7 cm³/mol. The molecule has 0 saturated heterocycles. The maximum absolute atomic E-state index is 13.0. The number of methoxy groups -OCH3 is 1. The molecule has 1 aromatic rings. The minimum atomic E-state index is -0.295. The standard InChI is InChI=1S/C12H16BrFN2O2/c1-18-5-4-16-12(17)8-15-7-9-2-3-11(14)10(13)6-9/h2-3,6,15H,4-5,7-8H2,1H3,(H,16,17). The largest absolute Gasteiger partial charge is 0.383 e. The first-order valence-corrected chi connectivity index (χ1v) is 6.33. The predicted octanol–water partition coefficient (Wildman–Crippen LogP) is 1.44. The maximum atomic E-state index is 13.0. The molecule has 0 spiro atoms. The Morgan fingerprint density at radius 2 is 2.28 bits per heavy atom. The second-order valence-corrected chi connectivity index (χ2v) is 4.55. The van der Waals surface area contributed by atoms with Gasteiger partial charge in [0.25, 0.3) is 0 Å². The number of halogens is 2. The average molecular weight is 319 g/mol. The third kappa shape index (κ3) is 5.57. The number of nitrogens with one attached hydrogen (secondary N) is 2. The smallest absolute Gasteiger partial charge is 0.234 e. The van der Waals surface area contributed by atoms with Gasteiger partial charge < -0.3 is 15.4 Å². The fourth-order valence-electron chi connectivity index (χ4n) is 1.32. The zero-order chi connectivity index (χ0) is 13.4. The molecule has 0 atom stereocenters. The number of benzene rings is 1. The van der Waals surface area contributed by atoms with E-state index in [0.717, 1.165) is 5.56 Å². The van der Waals surface area contributed by atoms with Gasteiger partial charge in [0, 0.05) is 20.2 Å². The van der Waals surface area contributed by atoms with Gasteiger partial charge in [-0.3, -0.25) is 4.79 Å². The monoisotopic (exact) mass is 318 g/mol. The second kappa shape index (κ2) is 8.18. The molecule has 0 bridgehead atoms. The lowest BCUT2D eigenvalue weighted by molar-refractivity contribution is -0.120. The summed E-state index contributed by atoms with van der Waals surface area (Å²) in [4.78, 5) is 11.3. The first kappa shape index (κ1) is 15.1. The van der Waals surface area contributed by atoms with Crippen LogP contribution in [0.2, 0.25) is 0 Å². The van der Waals surface area contributed by atoms with Crippen LogP contribution < -0.4 is 10.6 Å². The van der Waals surface area contributed by atoms with Gasteiger partial charge in [0.05, 0.1) is 17.6 Å². The summed E-state index contributed by atoms with van der Waals surface area (Å²) in [7, 11) is 1.58. The highest BCUT2D eigenvalue weighted by Gasteiger charge is 2.02. The van der Waals surface area contributed by atoms with Gasteiger partial charge in [-0.05, 0) is 33.6 Å². The van der Waals surface area contributed by atoms with Gasteiger partial charge in [-0.2, -0.15) is 0 Å². The molecular weight excluding hydrogens is 303 g/mol. The van der Waals surface area contributed by atoms with Gasteiger partial charge in [-0.25, -0.2) is 4.39 Å². The Hall–Kier alpha value is -0.980. The molecule has 0 aliphatic heterocycles. The van der Waals surface area contributed by atoms with Gasteiger partial charge in [-0.1, -0.05) is 6.07 Å². The molecule has 2 N–H and O–H groups in total. The zero-order valence-electron chi connectivity index (χ0n) is 10.1. The minimum absolute atomic E-state index is 0.0896. The summed E-state index contributed by atoms with van der Waals surface area (Å²) in [6.07, 6.45) is 0. The molecule has 0 aromatic heterocycles. The van der Waals surface area contributed by atoms with Crippen molar-refractivity contribution < 1.29 is 13.9 Å². The third-order valence-corrected chi connectivity index (χ3v) is 2.83. The van der Waals surface area contributed by atoms with Crippen LogP contribution in [0.3, 0.4) is 0 Å². The molecule has 100 valence electrons. The van der Waals surface area contributed by atoms with E-state index in [-0.39, 0.29) is 18.3 Å². The Morgan fingerprint density at radius 1 is 1.50 bits per heavy atom. The van der Waals surface area contributed by atoms with E-state index in [2.05, 4.69) is 26.6 Å². The van der Waals surface area contributed by atoms with Crippen LogP contribution in [0.4, 0.5) is 4.39 Å². The van der Waals surface area contributed by atoms with Crippen LogP contribution in [0.1, 0.15) is 5.56 Å². The Kier molecular flexibility index (Phi) is 6.85. The van der Waals surface area contributed by atoms with Gasteiger partial charge in [0.15, 0.2) is 0 Å². The summed E-state index contributed by atoms with van der Waals surface area (Å²) in [6.45, 7) is 1.73. The molecule has 0 radical (unpaired) electrons. The molecule has 18 heavy (non-hydrogen) atoms. The molecule has 1 amide bonds. The van der Waals surface area contributed by atoms with Crippen molar-refractivity contribution in [3.8, 4) is 0 Å². The van der Waals surface area contributed by atoms with E-state index in [9.17, 15) is 9.18 Å². The van der Waals surface area contributed by atoms with E-state index in [1.54, 1.807) is 19.2 Å². The molecular formula is C12H16BrFN2O2. The topological polar surface area (TPSA) is 50.4 Å². The van der Waals surface area contributed by atoms with Gasteiger partial charge in [0.2, 0.25) is 5.91 Å². The van der Waals surface area contributed by atoms with Crippen molar-refractivity contribution in [2.75, 3.05) is 26.8 Å². The molecule has 0 unspecified atom stereocenters. The molecule has 1 rings (SSSR count). The van der Waals surface area contributed by atoms with Crippen LogP contribution in [0.5, 0.6) is 0 Å². The van der Waals surface area contributed by atoms with Crippen LogP contribution in [-0.2, 0) is 16.1 Å². The van der Waals surface area contributed by atoms with E-state index in [0.29, 0.717) is 24.2 Å². The Labute approximate surface area is 114 Å². The Balaban J connectivity index is 2.24. The summed E-state index contributed by atoms with van der Waals surface area (Å²) in [5, 5.41) is 5.67. The van der Waals surface area contributed by atoms with Crippen molar-refractivity contribution >= 4 is 21.8 Å². The number of rotatable bonds is 7. The van der Waals surface area contributed by atoms with Crippen LogP contribution in [0.15, 0.2) is 22.7 Å². The van der Waals surface area contributed by atoms with Crippen molar-refractivity contribution in [2.45, 2.75) is 6.54 Å². The van der Waals surface area contributed by atoms with Crippen molar-refractivity contribution in [3.05, 3.63) is 34.1 Å². The number of carbonyl (C=O) groups excluding carboxylic acids is 1. The van der Waals surface area contributed by atoms with Crippen LogP contribution in [-0.4, -0.2) is 32.7 Å². The van der Waals surface area contributed by atoms with Crippen molar-refractivity contribution in [3.63, 3.8) is 0 Å². The number of hydrogen-bond acceptors (Lipinski definition) is 3. The summed E-state index contributed by atoms with van der Waals surface area (Å²) < 4.78 is 18.2. The summed E-state index contributed by atoms with van der Waals surface area (Å²) >= 11 is 3.11. The molecule has 0 heterocycles. The van der Waals surface area contributed by atoms with E-state index in [1.165, 1.54) is 6.07 Å². The van der Waals surface area contributed by atoms with Gasteiger partial charge >= 0.3 is 0 Å². The van der Waals surface area contributed by atoms with Crippen molar-refractivity contribution in [1.82, 2.24) is 10.6 Å². The van der Waals surface area contributed by atoms with Crippen LogP contribution in [0, 0.1) is 5.82 Å². The molecule has 1 aromatic carbocycles. The lowest BCUT2D eigenvalue weighted by atomic mass is 10.2. The lowest BCUT2D eigenvalue weighted by Crippen LogP contribution is -2.35. The molecule has 0 aliphatic rings. The zero-order valence-corrected chi connectivity index (χ0v) is 11.7. The van der Waals surface area contributed by atoms with Gasteiger partial charge in [0.1, 0.15) is 5.82 Å². The second-order valence-electron chi connectivity index (χ2n) is 3.69. The summed E-state index contributed by atoms with van der Waals surface area (Å²) in [5.74, 6) is -0.385. The highest BCUT2D eigenvalue weighted by molar-refractivity contribution is 9.10. The van der Waals surface area contributed by atoms with E-state index in [4.69, 9.17) is 4.74 Å². The molecule has 0 saturated carbocycles. The number of amides is 1. The first-order chi connectivity index (χ1) is 8.63. The molecule has 0 aliphatic carbocycles. The highest BCUT2D eigenvalue weighted by Crippen LogP contribution is 2.16. The van der Waals surface area contributed by atoms with E-state index in [1.807, 2.05) is 0 Å². The maximum Gasteiger partial charge on any atom is 0.234 e. The minimum Gasteiger partial charge on any atom is -0.383 e. The van der Waals surface area contributed by atoms with E-state index >= 15 is 0 Å². The SMILES string of the molecule is COCCNC(=O)CNCc1ccc(F)c(Br)c1. The fourth-order valence-corrected chi connectivity index (χ4v) is 1.75. The highest BCUT2D eigenvalue weighted by atomic mass is 79.9. The van der Waals surface area contributed by atoms with Crippen LogP contribution in [0.25, 0.3) is 0 Å². The van der Waals surface area contributed by atoms with E-state index < -0.39 is 0 Å². The normalized spacial score (nSPS) is 10.4. The average Bonchev–Trinajstić information content (AvgIpc) is 2.34. The Morgan fingerprint density at radius 3 is 2.94 bits per heavy atom. The summed E-state index contributed by atoms with van der Waals surface area (Å²) in [5.41, 5.74) is 0.910. The van der Waals surface area contributed by atoms with Gasteiger partial charge in [-0.15, -0.1) is 0 Å². The Bertz CT molecular complexity index is 402. The quantitative estimate of drug-likeness (QED) is 0.748. The number of carbonyl (C=O) groups is 1. The third-order valence-electron chi connectivity index (χ3n) is 2.23. The lowest BCUT2D eigenvalue weighted by Gasteiger charge is -2.07.